The van der Waals surface area contributed by atoms with Gasteiger partial charge in [0, 0.05) is 57.0 Å². The number of nitrogens with zero attached hydrogens (tertiary/aromatic N) is 2. The maximum Gasteiger partial charge on any atom is 0.0540 e. The monoisotopic (exact) mass is 690 g/mol. The fraction of sp³-hybridized carbons (Fsp3) is 0.255. The first-order chi connectivity index (χ1) is 26.0. The molecule has 1 aliphatic heterocycles. The Bertz CT molecular complexity index is 2460. The number of hydrogen-bond acceptors (Lipinski definition) is 1. The van der Waals surface area contributed by atoms with E-state index in [1.165, 1.54) is 92.1 Å². The van der Waals surface area contributed by atoms with E-state index in [1.54, 1.807) is 0 Å². The molecular formula is C51H50N2. The van der Waals surface area contributed by atoms with Crippen LogP contribution in [0.4, 0.5) is 5.69 Å². The van der Waals surface area contributed by atoms with Crippen LogP contribution in [0.5, 0.6) is 0 Å². The van der Waals surface area contributed by atoms with Crippen molar-refractivity contribution in [3.05, 3.63) is 190 Å². The molecule has 0 saturated carbocycles. The number of para-hydroxylation sites is 2. The highest BCUT2D eigenvalue weighted by Gasteiger charge is 2.38. The molecule has 2 heterocycles. The van der Waals surface area contributed by atoms with Crippen molar-refractivity contribution in [1.29, 1.82) is 0 Å². The van der Waals surface area contributed by atoms with Crippen LogP contribution in [0.2, 0.25) is 0 Å². The lowest BCUT2D eigenvalue weighted by Crippen LogP contribution is -2.33. The van der Waals surface area contributed by atoms with E-state index in [4.69, 9.17) is 0 Å². The Morgan fingerprint density at radius 2 is 1.74 bits per heavy atom. The predicted molar refractivity (Wildman–Crippen MR) is 226 cm³/mol. The lowest BCUT2D eigenvalue weighted by Gasteiger charge is -2.31. The van der Waals surface area contributed by atoms with Gasteiger partial charge < -0.3 is 9.47 Å². The van der Waals surface area contributed by atoms with Crippen LogP contribution in [-0.2, 0) is 11.8 Å². The average Bonchev–Trinajstić information content (AvgIpc) is 3.71. The zero-order chi connectivity index (χ0) is 35.9. The summed E-state index contributed by atoms with van der Waals surface area (Å²) < 4.78 is 2.36. The summed E-state index contributed by atoms with van der Waals surface area (Å²) in [4.78, 5) is 2.58. The first kappa shape index (κ1) is 33.5. The molecule has 2 unspecified atom stereocenters. The second kappa shape index (κ2) is 13.9. The topological polar surface area (TPSA) is 8.17 Å². The third kappa shape index (κ3) is 6.19. The van der Waals surface area contributed by atoms with Crippen molar-refractivity contribution in [2.75, 3.05) is 4.90 Å². The molecule has 2 atom stereocenters. The largest absolute Gasteiger partial charge is 0.317 e. The van der Waals surface area contributed by atoms with E-state index in [0.717, 1.165) is 31.4 Å². The van der Waals surface area contributed by atoms with Gasteiger partial charge >= 0.3 is 0 Å². The van der Waals surface area contributed by atoms with Crippen LogP contribution in [0, 0.1) is 5.92 Å². The molecule has 53 heavy (non-hydrogen) atoms. The molecular weight excluding hydrogens is 641 g/mol. The van der Waals surface area contributed by atoms with E-state index < -0.39 is 0 Å². The van der Waals surface area contributed by atoms with Gasteiger partial charge in [0.2, 0.25) is 0 Å². The SMILES string of the molecule is C=C(/C=C\C=C\C1=CCCCC1)n1c2c(c3ccccc31)=CC(C1=CC=C3C(C1)c1ccccc1N3/C1=C/C=C\CC(C)(C)c3ccccc3C1)CC=2. The minimum absolute atomic E-state index is 0.0941. The molecule has 0 radical (unpaired) electrons. The Hall–Kier alpha value is -5.34. The second-order valence-corrected chi connectivity index (χ2v) is 16.1. The van der Waals surface area contributed by atoms with E-state index in [1.807, 2.05) is 0 Å². The van der Waals surface area contributed by atoms with Gasteiger partial charge in [-0.1, -0.05) is 147 Å². The molecule has 0 spiro atoms. The molecule has 9 rings (SSSR count). The molecule has 0 amide bonds. The molecule has 0 fully saturated rings. The molecule has 4 aliphatic carbocycles. The van der Waals surface area contributed by atoms with Crippen LogP contribution >= 0.6 is 0 Å². The highest BCUT2D eigenvalue weighted by atomic mass is 15.2. The van der Waals surface area contributed by atoms with Crippen molar-refractivity contribution in [3.63, 3.8) is 0 Å². The molecule has 5 aliphatic rings. The average molecular weight is 691 g/mol. The predicted octanol–water partition coefficient (Wildman–Crippen LogP) is 11.5. The fourth-order valence-electron chi connectivity index (χ4n) is 9.50. The maximum absolute atomic E-state index is 4.55. The third-order valence-corrected chi connectivity index (χ3v) is 12.2. The van der Waals surface area contributed by atoms with Gasteiger partial charge in [0.15, 0.2) is 0 Å². The lowest BCUT2D eigenvalue weighted by molar-refractivity contribution is 0.529. The Morgan fingerprint density at radius 1 is 0.887 bits per heavy atom. The van der Waals surface area contributed by atoms with Crippen molar-refractivity contribution in [2.24, 2.45) is 5.92 Å². The maximum atomic E-state index is 4.55. The first-order valence-electron chi connectivity index (χ1n) is 19.7. The minimum Gasteiger partial charge on any atom is -0.317 e. The first-order valence-corrected chi connectivity index (χ1v) is 19.7. The van der Waals surface area contributed by atoms with Crippen LogP contribution in [0.15, 0.2) is 163 Å². The third-order valence-electron chi connectivity index (χ3n) is 12.2. The molecule has 2 heteroatoms. The van der Waals surface area contributed by atoms with Crippen LogP contribution in [0.25, 0.3) is 28.8 Å². The Balaban J connectivity index is 1.05. The summed E-state index contributed by atoms with van der Waals surface area (Å²) in [6, 6.07) is 27.0. The second-order valence-electron chi connectivity index (χ2n) is 16.1. The lowest BCUT2D eigenvalue weighted by atomic mass is 9.78. The van der Waals surface area contributed by atoms with Gasteiger partial charge in [0.1, 0.15) is 0 Å². The number of allylic oxidation sites excluding steroid dienone is 15. The molecule has 264 valence electrons. The van der Waals surface area contributed by atoms with E-state index in [2.05, 4.69) is 176 Å². The number of hydrogen-bond donors (Lipinski definition) is 0. The minimum atomic E-state index is 0.0941. The van der Waals surface area contributed by atoms with Crippen LogP contribution in [0.1, 0.15) is 81.4 Å². The summed E-state index contributed by atoms with van der Waals surface area (Å²) >= 11 is 0. The van der Waals surface area contributed by atoms with Crippen molar-refractivity contribution >= 4 is 34.4 Å². The number of aromatic nitrogens is 1. The van der Waals surface area contributed by atoms with E-state index >= 15 is 0 Å². The van der Waals surface area contributed by atoms with Crippen LogP contribution in [0.3, 0.4) is 0 Å². The van der Waals surface area contributed by atoms with Gasteiger partial charge in [0.05, 0.1) is 5.52 Å². The van der Waals surface area contributed by atoms with Crippen LogP contribution < -0.4 is 15.5 Å². The summed E-state index contributed by atoms with van der Waals surface area (Å²) in [5.74, 6) is 0.700. The van der Waals surface area contributed by atoms with Gasteiger partial charge in [-0.05, 0) is 97.4 Å². The summed E-state index contributed by atoms with van der Waals surface area (Å²) in [7, 11) is 0. The van der Waals surface area contributed by atoms with Gasteiger partial charge in [-0.3, -0.25) is 0 Å². The molecule has 2 nitrogen and oxygen atoms in total. The zero-order valence-electron chi connectivity index (χ0n) is 31.3. The number of anilines is 1. The Kier molecular flexibility index (Phi) is 8.78. The normalized spacial score (nSPS) is 23.5. The van der Waals surface area contributed by atoms with Crippen molar-refractivity contribution < 1.29 is 0 Å². The van der Waals surface area contributed by atoms with E-state index in [-0.39, 0.29) is 5.41 Å². The van der Waals surface area contributed by atoms with E-state index in [0.29, 0.717) is 11.8 Å². The summed E-state index contributed by atoms with van der Waals surface area (Å²) in [5.41, 5.74) is 13.7. The van der Waals surface area contributed by atoms with Crippen LogP contribution in [-0.4, -0.2) is 4.57 Å². The molecule has 0 saturated heterocycles. The number of fused-ring (bicyclic) bond motifs is 7. The zero-order valence-corrected chi connectivity index (χ0v) is 31.3. The fourth-order valence-corrected chi connectivity index (χ4v) is 9.50. The van der Waals surface area contributed by atoms with Crippen molar-refractivity contribution in [3.8, 4) is 0 Å². The summed E-state index contributed by atoms with van der Waals surface area (Å²) in [6.07, 6.45) is 37.0. The standard InChI is InChI=1S/C51H50N2/c1-36(17-7-8-20-37-18-5-4-6-19-37)52-47-26-13-10-23-42(47)44-34-38(28-30-49(44)52)39-29-31-50-45(35-39)43-24-11-14-27-48(43)53(50)41-22-15-16-32-51(2,3)46-25-12-9-21-40(46)33-41/h7-18,20-27,29-31,34,38,45H,1,4-6,19,28,32-33,35H2,2-3H3/b16-15-,17-7-,20-8+,41-22+. The molecule has 0 bridgehead atoms. The van der Waals surface area contributed by atoms with Gasteiger partial charge in [-0.25, -0.2) is 0 Å². The Labute approximate surface area is 315 Å². The van der Waals surface area contributed by atoms with Gasteiger partial charge in [0.25, 0.3) is 0 Å². The summed E-state index contributed by atoms with van der Waals surface area (Å²) in [5, 5.41) is 3.90. The van der Waals surface area contributed by atoms with E-state index in [9.17, 15) is 0 Å². The number of benzene rings is 3. The van der Waals surface area contributed by atoms with Gasteiger partial charge in [-0.2, -0.15) is 0 Å². The molecule has 3 aromatic carbocycles. The summed E-state index contributed by atoms with van der Waals surface area (Å²) in [6.45, 7) is 9.30. The molecule has 1 aromatic heterocycles. The van der Waals surface area contributed by atoms with Gasteiger partial charge in [-0.15, -0.1) is 0 Å². The smallest absolute Gasteiger partial charge is 0.0540 e. The Morgan fingerprint density at radius 3 is 2.64 bits per heavy atom. The van der Waals surface area contributed by atoms with Crippen molar-refractivity contribution in [2.45, 2.75) is 76.5 Å². The quantitative estimate of drug-likeness (QED) is 0.183. The van der Waals surface area contributed by atoms with Crippen molar-refractivity contribution in [1.82, 2.24) is 4.57 Å². The molecule has 4 aromatic rings. The highest BCUT2D eigenvalue weighted by Crippen LogP contribution is 2.51. The molecule has 0 N–H and O–H groups in total. The number of rotatable bonds is 6. The highest BCUT2D eigenvalue weighted by molar-refractivity contribution is 5.87.